The highest BCUT2D eigenvalue weighted by molar-refractivity contribution is 5.79. The minimum Gasteiger partial charge on any atom is -0.469 e. The summed E-state index contributed by atoms with van der Waals surface area (Å²) >= 11 is 0. The van der Waals surface area contributed by atoms with Crippen LogP contribution < -0.4 is 5.73 Å². The number of nitrogens with two attached hydrogens (primary N) is 1. The lowest BCUT2D eigenvalue weighted by Gasteiger charge is -2.32. The van der Waals surface area contributed by atoms with Gasteiger partial charge in [0.15, 0.2) is 0 Å². The first-order valence-corrected chi connectivity index (χ1v) is 7.55. The smallest absolute Gasteiger partial charge is 0.307 e. The fraction of sp³-hybridized carbons (Fsp3) is 0.867. The van der Waals surface area contributed by atoms with Gasteiger partial charge in [0.25, 0.3) is 0 Å². The molecule has 0 atom stereocenters. The van der Waals surface area contributed by atoms with E-state index in [0.717, 1.165) is 25.7 Å². The molecule has 1 aliphatic carbocycles. The Morgan fingerprint density at radius 2 is 1.85 bits per heavy atom. The number of rotatable bonds is 6. The minimum atomic E-state index is -0.266. The van der Waals surface area contributed by atoms with E-state index in [4.69, 9.17) is 5.73 Å². The summed E-state index contributed by atoms with van der Waals surface area (Å²) in [5.41, 5.74) is 5.88. The van der Waals surface area contributed by atoms with Crippen LogP contribution in [0.25, 0.3) is 0 Å². The van der Waals surface area contributed by atoms with E-state index in [1.54, 1.807) is 0 Å². The normalized spacial score (nSPS) is 22.6. The molecule has 20 heavy (non-hydrogen) atoms. The highest BCUT2D eigenvalue weighted by Crippen LogP contribution is 2.25. The van der Waals surface area contributed by atoms with Crippen molar-refractivity contribution < 1.29 is 14.3 Å². The second kappa shape index (κ2) is 8.25. The molecule has 0 spiro atoms. The van der Waals surface area contributed by atoms with Gasteiger partial charge < -0.3 is 15.4 Å². The number of carbonyl (C=O) groups is 2. The highest BCUT2D eigenvalue weighted by Gasteiger charge is 2.28. The van der Waals surface area contributed by atoms with Crippen LogP contribution in [0.1, 0.15) is 46.0 Å². The standard InChI is InChI=1S/C15H28N2O3/c1-11(2)10-17(9-8-14(18)20-3)15(19)12-4-6-13(16)7-5-12/h11-13H,4-10,16H2,1-3H3. The summed E-state index contributed by atoms with van der Waals surface area (Å²) in [5.74, 6) is 0.375. The van der Waals surface area contributed by atoms with E-state index in [0.29, 0.717) is 19.0 Å². The molecular formula is C15H28N2O3. The Hall–Kier alpha value is -1.10. The molecule has 2 N–H and O–H groups in total. The van der Waals surface area contributed by atoms with Crippen LogP contribution in [0, 0.1) is 11.8 Å². The van der Waals surface area contributed by atoms with Gasteiger partial charge in [0.1, 0.15) is 0 Å². The quantitative estimate of drug-likeness (QED) is 0.751. The molecule has 1 amide bonds. The largest absolute Gasteiger partial charge is 0.469 e. The topological polar surface area (TPSA) is 72.6 Å². The molecular weight excluding hydrogens is 256 g/mol. The molecule has 0 unspecified atom stereocenters. The summed E-state index contributed by atoms with van der Waals surface area (Å²) in [5, 5.41) is 0. The van der Waals surface area contributed by atoms with Crippen molar-refractivity contribution in [1.82, 2.24) is 4.90 Å². The van der Waals surface area contributed by atoms with Crippen LogP contribution >= 0.6 is 0 Å². The molecule has 0 aromatic rings. The summed E-state index contributed by atoms with van der Waals surface area (Å²) in [4.78, 5) is 25.7. The van der Waals surface area contributed by atoms with Gasteiger partial charge in [-0.25, -0.2) is 0 Å². The third-order valence-electron chi connectivity index (χ3n) is 3.83. The van der Waals surface area contributed by atoms with E-state index in [1.807, 2.05) is 4.90 Å². The van der Waals surface area contributed by atoms with E-state index < -0.39 is 0 Å². The van der Waals surface area contributed by atoms with Crippen molar-refractivity contribution >= 4 is 11.9 Å². The number of amides is 1. The molecule has 1 saturated carbocycles. The predicted octanol–water partition coefficient (Wildman–Crippen LogP) is 1.55. The van der Waals surface area contributed by atoms with Gasteiger partial charge in [0, 0.05) is 25.0 Å². The van der Waals surface area contributed by atoms with Crippen molar-refractivity contribution in [2.75, 3.05) is 20.2 Å². The maximum atomic E-state index is 12.6. The van der Waals surface area contributed by atoms with Crippen molar-refractivity contribution in [2.45, 2.75) is 52.0 Å². The van der Waals surface area contributed by atoms with Gasteiger partial charge in [0.2, 0.25) is 5.91 Å². The highest BCUT2D eigenvalue weighted by atomic mass is 16.5. The molecule has 0 saturated heterocycles. The maximum absolute atomic E-state index is 12.6. The van der Waals surface area contributed by atoms with E-state index in [1.165, 1.54) is 7.11 Å². The average Bonchev–Trinajstić information content (AvgIpc) is 2.42. The Morgan fingerprint density at radius 3 is 2.35 bits per heavy atom. The molecule has 1 fully saturated rings. The van der Waals surface area contributed by atoms with Gasteiger partial charge >= 0.3 is 5.97 Å². The monoisotopic (exact) mass is 284 g/mol. The van der Waals surface area contributed by atoms with Crippen molar-refractivity contribution in [2.24, 2.45) is 17.6 Å². The van der Waals surface area contributed by atoms with Crippen molar-refractivity contribution in [3.63, 3.8) is 0 Å². The van der Waals surface area contributed by atoms with Crippen LogP contribution in [0.4, 0.5) is 0 Å². The minimum absolute atomic E-state index is 0.0752. The van der Waals surface area contributed by atoms with Crippen LogP contribution in [0.2, 0.25) is 0 Å². The lowest BCUT2D eigenvalue weighted by Crippen LogP contribution is -2.42. The molecule has 0 radical (unpaired) electrons. The van der Waals surface area contributed by atoms with Crippen LogP contribution in [0.15, 0.2) is 0 Å². The van der Waals surface area contributed by atoms with Crippen LogP contribution in [-0.2, 0) is 14.3 Å². The number of methoxy groups -OCH3 is 1. The summed E-state index contributed by atoms with van der Waals surface area (Å²) in [6, 6.07) is 0.243. The average molecular weight is 284 g/mol. The molecule has 0 bridgehead atoms. The molecule has 0 aromatic heterocycles. The van der Waals surface area contributed by atoms with Crippen molar-refractivity contribution in [3.8, 4) is 0 Å². The van der Waals surface area contributed by atoms with Gasteiger partial charge in [-0.15, -0.1) is 0 Å². The molecule has 5 nitrogen and oxygen atoms in total. The van der Waals surface area contributed by atoms with E-state index in [-0.39, 0.29) is 30.3 Å². The van der Waals surface area contributed by atoms with Gasteiger partial charge in [-0.1, -0.05) is 13.8 Å². The number of hydrogen-bond donors (Lipinski definition) is 1. The van der Waals surface area contributed by atoms with Gasteiger partial charge in [-0.2, -0.15) is 0 Å². The predicted molar refractivity (Wildman–Crippen MR) is 78.0 cm³/mol. The SMILES string of the molecule is COC(=O)CCN(CC(C)C)C(=O)C1CCC(N)CC1. The Morgan fingerprint density at radius 1 is 1.25 bits per heavy atom. The fourth-order valence-electron chi connectivity index (χ4n) is 2.68. The fourth-order valence-corrected chi connectivity index (χ4v) is 2.68. The first kappa shape index (κ1) is 17.0. The third-order valence-corrected chi connectivity index (χ3v) is 3.83. The summed E-state index contributed by atoms with van der Waals surface area (Å²) in [6.07, 6.45) is 3.84. The lowest BCUT2D eigenvalue weighted by atomic mass is 9.85. The van der Waals surface area contributed by atoms with Gasteiger partial charge in [-0.05, 0) is 31.6 Å². The second-order valence-corrected chi connectivity index (χ2v) is 6.12. The molecule has 116 valence electrons. The summed E-state index contributed by atoms with van der Waals surface area (Å²) in [7, 11) is 1.37. The lowest BCUT2D eigenvalue weighted by molar-refractivity contribution is -0.143. The maximum Gasteiger partial charge on any atom is 0.307 e. The van der Waals surface area contributed by atoms with E-state index in [2.05, 4.69) is 18.6 Å². The number of nitrogens with zero attached hydrogens (tertiary/aromatic N) is 1. The number of hydrogen-bond acceptors (Lipinski definition) is 4. The first-order valence-electron chi connectivity index (χ1n) is 7.55. The van der Waals surface area contributed by atoms with Gasteiger partial charge in [0.05, 0.1) is 13.5 Å². The van der Waals surface area contributed by atoms with Crippen molar-refractivity contribution in [1.29, 1.82) is 0 Å². The molecule has 1 rings (SSSR count). The first-order chi connectivity index (χ1) is 9.43. The molecule has 0 aliphatic heterocycles. The van der Waals surface area contributed by atoms with E-state index >= 15 is 0 Å². The Labute approximate surface area is 121 Å². The zero-order valence-electron chi connectivity index (χ0n) is 12.9. The number of esters is 1. The van der Waals surface area contributed by atoms with Crippen LogP contribution in [0.3, 0.4) is 0 Å². The Kier molecular flexibility index (Phi) is 6.99. The molecule has 0 heterocycles. The molecule has 1 aliphatic rings. The Bertz CT molecular complexity index is 323. The summed E-state index contributed by atoms with van der Waals surface area (Å²) < 4.78 is 4.65. The second-order valence-electron chi connectivity index (χ2n) is 6.12. The van der Waals surface area contributed by atoms with Crippen LogP contribution in [0.5, 0.6) is 0 Å². The summed E-state index contributed by atoms with van der Waals surface area (Å²) in [6.45, 7) is 5.30. The molecule has 5 heteroatoms. The van der Waals surface area contributed by atoms with E-state index in [9.17, 15) is 9.59 Å². The zero-order chi connectivity index (χ0) is 15.1. The number of ether oxygens (including phenoxy) is 1. The van der Waals surface area contributed by atoms with Crippen molar-refractivity contribution in [3.05, 3.63) is 0 Å². The third kappa shape index (κ3) is 5.49. The Balaban J connectivity index is 2.56. The molecule has 0 aromatic carbocycles. The number of carbonyl (C=O) groups excluding carboxylic acids is 2. The van der Waals surface area contributed by atoms with Crippen LogP contribution in [-0.4, -0.2) is 43.0 Å². The zero-order valence-corrected chi connectivity index (χ0v) is 12.9. The van der Waals surface area contributed by atoms with Gasteiger partial charge in [-0.3, -0.25) is 9.59 Å².